The Morgan fingerprint density at radius 3 is 2.65 bits per heavy atom. The van der Waals surface area contributed by atoms with Crippen LogP contribution in [0.3, 0.4) is 0 Å². The van der Waals surface area contributed by atoms with Gasteiger partial charge in [-0.2, -0.15) is 5.26 Å². The molecule has 1 aromatic carbocycles. The second kappa shape index (κ2) is 11.8. The molecule has 192 valence electrons. The first-order chi connectivity index (χ1) is 18.1. The number of benzene rings is 1. The summed E-state index contributed by atoms with van der Waals surface area (Å²) in [5.41, 5.74) is 2.57. The molecule has 0 radical (unpaired) electrons. The first-order valence-corrected chi connectivity index (χ1v) is 13.7. The predicted molar refractivity (Wildman–Crippen MR) is 144 cm³/mol. The number of anilines is 2. The number of carbonyl (C=O) groups excluding carboxylic acids is 1. The van der Waals surface area contributed by atoms with Crippen molar-refractivity contribution in [1.82, 2.24) is 20.2 Å². The molecule has 2 saturated heterocycles. The largest absolute Gasteiger partial charge is 0.381 e. The first-order valence-electron chi connectivity index (χ1n) is 12.9. The molecule has 37 heavy (non-hydrogen) atoms. The van der Waals surface area contributed by atoms with Crippen molar-refractivity contribution in [2.45, 2.75) is 37.0 Å². The maximum atomic E-state index is 13.0. The van der Waals surface area contributed by atoms with Gasteiger partial charge in [0.2, 0.25) is 0 Å². The Morgan fingerprint density at radius 1 is 1.11 bits per heavy atom. The van der Waals surface area contributed by atoms with E-state index in [1.807, 2.05) is 30.3 Å². The summed E-state index contributed by atoms with van der Waals surface area (Å²) in [7, 11) is 0. The third-order valence-corrected chi connectivity index (χ3v) is 8.22. The van der Waals surface area contributed by atoms with Crippen molar-refractivity contribution in [3.63, 3.8) is 0 Å². The third-order valence-electron chi connectivity index (χ3n) is 7.47. The van der Waals surface area contributed by atoms with Crippen LogP contribution in [0.2, 0.25) is 0 Å². The van der Waals surface area contributed by atoms with Gasteiger partial charge in [-0.1, -0.05) is 36.4 Å². The van der Waals surface area contributed by atoms with Crippen molar-refractivity contribution < 1.29 is 9.53 Å². The van der Waals surface area contributed by atoms with E-state index in [2.05, 4.69) is 44.8 Å². The van der Waals surface area contributed by atoms with Gasteiger partial charge in [-0.15, -0.1) is 11.3 Å². The summed E-state index contributed by atoms with van der Waals surface area (Å²) in [6.45, 7) is 4.27. The number of carbonyl (C=O) groups is 1. The van der Waals surface area contributed by atoms with E-state index < -0.39 is 0 Å². The number of piperidine rings is 1. The number of amides is 1. The molecule has 0 atom stereocenters. The van der Waals surface area contributed by atoms with E-state index in [0.717, 1.165) is 50.3 Å². The number of hydrogen-bond donors (Lipinski definition) is 2. The lowest BCUT2D eigenvalue weighted by molar-refractivity contribution is 0.0487. The van der Waals surface area contributed by atoms with Crippen molar-refractivity contribution in [3.8, 4) is 6.07 Å². The molecule has 2 aromatic heterocycles. The molecule has 0 spiro atoms. The van der Waals surface area contributed by atoms with E-state index in [1.165, 1.54) is 16.9 Å². The van der Waals surface area contributed by atoms with Gasteiger partial charge in [0, 0.05) is 42.2 Å². The summed E-state index contributed by atoms with van der Waals surface area (Å²) < 4.78 is 5.61. The molecule has 0 bridgehead atoms. The molecular formula is C28H32N6O2S. The van der Waals surface area contributed by atoms with Crippen LogP contribution < -0.4 is 10.6 Å². The fraction of sp³-hybridized carbons (Fsp3) is 0.429. The molecule has 2 fully saturated rings. The smallest absolute Gasteiger partial charge is 0.270 e. The van der Waals surface area contributed by atoms with Crippen LogP contribution >= 0.6 is 11.3 Å². The van der Waals surface area contributed by atoms with Crippen LogP contribution in [0.5, 0.6) is 0 Å². The lowest BCUT2D eigenvalue weighted by Crippen LogP contribution is -2.44. The highest BCUT2D eigenvalue weighted by Crippen LogP contribution is 2.34. The van der Waals surface area contributed by atoms with Gasteiger partial charge in [0.25, 0.3) is 5.91 Å². The molecular weight excluding hydrogens is 484 g/mol. The lowest BCUT2D eigenvalue weighted by atomic mass is 9.74. The monoisotopic (exact) mass is 516 g/mol. The Kier molecular flexibility index (Phi) is 8.09. The number of pyridine rings is 1. The van der Waals surface area contributed by atoms with Crippen LogP contribution in [0.15, 0.2) is 53.9 Å². The van der Waals surface area contributed by atoms with Crippen LogP contribution in [-0.2, 0) is 10.2 Å². The molecule has 1 amide bonds. The number of likely N-dealkylation sites (tertiary alicyclic amines) is 1. The van der Waals surface area contributed by atoms with E-state index in [1.54, 1.807) is 5.38 Å². The molecule has 2 aliphatic heterocycles. The van der Waals surface area contributed by atoms with E-state index in [4.69, 9.17) is 15.0 Å². The van der Waals surface area contributed by atoms with Crippen molar-refractivity contribution in [2.24, 2.45) is 0 Å². The number of thiazole rings is 1. The number of ether oxygens (including phenoxy) is 1. The molecule has 5 rings (SSSR count). The van der Waals surface area contributed by atoms with Crippen molar-refractivity contribution in [2.75, 3.05) is 44.7 Å². The number of nitrogens with zero attached hydrogens (tertiary/aromatic N) is 4. The fourth-order valence-corrected chi connectivity index (χ4v) is 5.94. The number of aromatic nitrogens is 2. The standard InChI is InChI=1S/C28H32N6O2S/c29-13-16-34-14-9-21(10-15-34)23-7-4-8-25(31-23)33-27-32-24(19-37-27)26(35)30-20-28(11-17-36-18-12-28)22-5-2-1-3-6-22/h1-8,19,21H,9-12,14-18,20H2,(H,30,35)(H,31,32,33). The highest BCUT2D eigenvalue weighted by atomic mass is 32.1. The molecule has 8 nitrogen and oxygen atoms in total. The van der Waals surface area contributed by atoms with E-state index >= 15 is 0 Å². The summed E-state index contributed by atoms with van der Waals surface area (Å²) in [6, 6.07) is 18.6. The molecule has 2 N–H and O–H groups in total. The molecule has 4 heterocycles. The summed E-state index contributed by atoms with van der Waals surface area (Å²) >= 11 is 1.40. The predicted octanol–water partition coefficient (Wildman–Crippen LogP) is 4.46. The van der Waals surface area contributed by atoms with Crippen molar-refractivity contribution in [1.29, 1.82) is 5.26 Å². The van der Waals surface area contributed by atoms with Crippen LogP contribution in [0.4, 0.5) is 10.9 Å². The summed E-state index contributed by atoms with van der Waals surface area (Å²) in [5.74, 6) is 0.942. The Bertz CT molecular complexity index is 1230. The van der Waals surface area contributed by atoms with Crippen LogP contribution in [0, 0.1) is 11.3 Å². The van der Waals surface area contributed by atoms with Gasteiger partial charge in [-0.25, -0.2) is 9.97 Å². The highest BCUT2D eigenvalue weighted by Gasteiger charge is 2.35. The van der Waals surface area contributed by atoms with E-state index in [0.29, 0.717) is 43.0 Å². The molecule has 2 aliphatic rings. The zero-order chi connectivity index (χ0) is 25.5. The highest BCUT2D eigenvalue weighted by molar-refractivity contribution is 7.14. The van der Waals surface area contributed by atoms with Crippen LogP contribution in [0.1, 0.15) is 53.3 Å². The molecule has 0 unspecified atom stereocenters. The van der Waals surface area contributed by atoms with Gasteiger partial charge in [-0.05, 0) is 56.5 Å². The number of hydrogen-bond acceptors (Lipinski definition) is 8. The summed E-state index contributed by atoms with van der Waals surface area (Å²) in [6.07, 6.45) is 3.74. The molecule has 0 saturated carbocycles. The Morgan fingerprint density at radius 2 is 1.89 bits per heavy atom. The van der Waals surface area contributed by atoms with Gasteiger partial charge in [0.15, 0.2) is 5.13 Å². The zero-order valence-corrected chi connectivity index (χ0v) is 21.7. The minimum absolute atomic E-state index is 0.124. The normalized spacial score (nSPS) is 18.1. The van der Waals surface area contributed by atoms with Crippen LogP contribution in [-0.4, -0.2) is 60.2 Å². The third kappa shape index (κ3) is 6.16. The zero-order valence-electron chi connectivity index (χ0n) is 20.9. The quantitative estimate of drug-likeness (QED) is 0.426. The Balaban J connectivity index is 1.20. The molecule has 9 heteroatoms. The minimum atomic E-state index is -0.170. The maximum absolute atomic E-state index is 13.0. The first kappa shape index (κ1) is 25.3. The number of nitrogens with one attached hydrogen (secondary N) is 2. The summed E-state index contributed by atoms with van der Waals surface area (Å²) in [4.78, 5) is 24.5. The molecule has 0 aliphatic carbocycles. The topological polar surface area (TPSA) is 103 Å². The number of rotatable bonds is 8. The fourth-order valence-electron chi connectivity index (χ4n) is 5.24. The summed E-state index contributed by atoms with van der Waals surface area (Å²) in [5, 5.41) is 17.7. The second-order valence-corrected chi connectivity index (χ2v) is 10.6. The SMILES string of the molecule is N#CCN1CCC(c2cccc(Nc3nc(C(=O)NCC4(c5ccccc5)CCOCC4)cs3)n2)CC1. The van der Waals surface area contributed by atoms with Gasteiger partial charge in [0.1, 0.15) is 11.5 Å². The molecule has 3 aromatic rings. The average molecular weight is 517 g/mol. The maximum Gasteiger partial charge on any atom is 0.270 e. The van der Waals surface area contributed by atoms with Gasteiger partial charge in [-0.3, -0.25) is 9.69 Å². The second-order valence-electron chi connectivity index (χ2n) is 9.76. The van der Waals surface area contributed by atoms with Gasteiger partial charge in [0.05, 0.1) is 12.6 Å². The Hall–Kier alpha value is -3.32. The van der Waals surface area contributed by atoms with E-state index in [-0.39, 0.29) is 11.3 Å². The minimum Gasteiger partial charge on any atom is -0.381 e. The number of nitriles is 1. The average Bonchev–Trinajstić information content (AvgIpc) is 3.42. The van der Waals surface area contributed by atoms with Gasteiger partial charge < -0.3 is 15.4 Å². The van der Waals surface area contributed by atoms with Crippen LogP contribution in [0.25, 0.3) is 0 Å². The lowest BCUT2D eigenvalue weighted by Gasteiger charge is -2.37. The Labute approximate surface area is 221 Å². The van der Waals surface area contributed by atoms with E-state index in [9.17, 15) is 4.79 Å². The van der Waals surface area contributed by atoms with Crippen molar-refractivity contribution >= 4 is 28.2 Å². The van der Waals surface area contributed by atoms with Crippen molar-refractivity contribution in [3.05, 3.63) is 70.9 Å². The van der Waals surface area contributed by atoms with Gasteiger partial charge >= 0.3 is 0 Å².